The molecule has 3 nitrogen and oxygen atoms in total. The molecule has 0 radical (unpaired) electrons. The number of guanidine groups is 1. The maximum absolute atomic E-state index is 6.16. The maximum Gasteiger partial charge on any atom is 0.191 e. The van der Waals surface area contributed by atoms with E-state index in [0.29, 0.717) is 5.54 Å². The zero-order valence-corrected chi connectivity index (χ0v) is 11.9. The Morgan fingerprint density at radius 1 is 1.39 bits per heavy atom. The van der Waals surface area contributed by atoms with Crippen molar-refractivity contribution >= 4 is 5.96 Å². The summed E-state index contributed by atoms with van der Waals surface area (Å²) in [6.45, 7) is 6.86. The van der Waals surface area contributed by atoms with E-state index in [4.69, 9.17) is 5.73 Å². The molecule has 0 aromatic heterocycles. The first kappa shape index (κ1) is 12.3. The lowest BCUT2D eigenvalue weighted by Gasteiger charge is -2.46. The number of nitrogens with zero attached hydrogens (tertiary/aromatic N) is 2. The van der Waals surface area contributed by atoms with Gasteiger partial charge >= 0.3 is 0 Å². The third-order valence-electron chi connectivity index (χ3n) is 5.32. The molecular formula is C15H27N3. The highest BCUT2D eigenvalue weighted by Crippen LogP contribution is 2.44. The maximum atomic E-state index is 6.16. The van der Waals surface area contributed by atoms with Gasteiger partial charge in [-0.2, -0.15) is 0 Å². The van der Waals surface area contributed by atoms with Crippen molar-refractivity contribution in [2.75, 3.05) is 13.1 Å². The number of hydrogen-bond acceptors (Lipinski definition) is 3. The van der Waals surface area contributed by atoms with Crippen molar-refractivity contribution in [3.63, 3.8) is 0 Å². The normalized spacial score (nSPS) is 36.5. The van der Waals surface area contributed by atoms with Gasteiger partial charge in [-0.25, -0.2) is 0 Å². The minimum Gasteiger partial charge on any atom is -0.370 e. The van der Waals surface area contributed by atoms with Crippen molar-refractivity contribution in [3.8, 4) is 0 Å². The van der Waals surface area contributed by atoms with E-state index in [2.05, 4.69) is 23.7 Å². The molecule has 2 fully saturated rings. The Hall–Kier alpha value is -0.730. The molecule has 0 saturated heterocycles. The second kappa shape index (κ2) is 4.43. The second-order valence-corrected chi connectivity index (χ2v) is 7.05. The van der Waals surface area contributed by atoms with Gasteiger partial charge in [0.25, 0.3) is 0 Å². The summed E-state index contributed by atoms with van der Waals surface area (Å²) in [5, 5.41) is 0. The minimum atomic E-state index is 0.292. The van der Waals surface area contributed by atoms with Crippen molar-refractivity contribution < 1.29 is 0 Å². The average Bonchev–Trinajstić information content (AvgIpc) is 3.12. The van der Waals surface area contributed by atoms with Crippen LogP contribution in [-0.2, 0) is 0 Å². The molecule has 2 saturated carbocycles. The fourth-order valence-corrected chi connectivity index (χ4v) is 3.83. The Kier molecular flexibility index (Phi) is 3.03. The molecule has 1 aliphatic heterocycles. The van der Waals surface area contributed by atoms with E-state index < -0.39 is 0 Å². The molecule has 2 atom stereocenters. The molecule has 0 aromatic carbocycles. The van der Waals surface area contributed by atoms with Crippen molar-refractivity contribution in [2.24, 2.45) is 28.5 Å². The Balaban J connectivity index is 1.75. The first-order valence-electron chi connectivity index (χ1n) is 7.68. The van der Waals surface area contributed by atoms with Crippen LogP contribution in [0.2, 0.25) is 0 Å². The smallest absolute Gasteiger partial charge is 0.191 e. The van der Waals surface area contributed by atoms with Crippen LogP contribution in [0.25, 0.3) is 0 Å². The van der Waals surface area contributed by atoms with E-state index in [0.717, 1.165) is 30.3 Å². The van der Waals surface area contributed by atoms with Crippen LogP contribution in [0.4, 0.5) is 0 Å². The highest BCUT2D eigenvalue weighted by Gasteiger charge is 2.47. The summed E-state index contributed by atoms with van der Waals surface area (Å²) < 4.78 is 0. The zero-order valence-electron chi connectivity index (χ0n) is 11.9. The highest BCUT2D eigenvalue weighted by atomic mass is 15.4. The van der Waals surface area contributed by atoms with Crippen LogP contribution < -0.4 is 5.73 Å². The topological polar surface area (TPSA) is 41.6 Å². The Morgan fingerprint density at radius 2 is 2.17 bits per heavy atom. The van der Waals surface area contributed by atoms with Crippen LogP contribution in [0, 0.1) is 17.8 Å². The standard InChI is InChI=1S/C15H27N3/c1-11(2)13-4-3-7-15(8-13)10-17-14(16)18(15)9-12-5-6-12/h11-13H,3-10H2,1-2H3,(H2,16,17). The molecule has 0 amide bonds. The molecule has 1 spiro atoms. The third-order valence-corrected chi connectivity index (χ3v) is 5.32. The first-order chi connectivity index (χ1) is 8.61. The lowest BCUT2D eigenvalue weighted by atomic mass is 9.71. The molecule has 1 heterocycles. The van der Waals surface area contributed by atoms with Gasteiger partial charge in [0.05, 0.1) is 12.1 Å². The Labute approximate surface area is 111 Å². The number of hydrogen-bond donors (Lipinski definition) is 1. The van der Waals surface area contributed by atoms with E-state index in [-0.39, 0.29) is 0 Å². The molecule has 2 N–H and O–H groups in total. The third kappa shape index (κ3) is 2.12. The minimum absolute atomic E-state index is 0.292. The van der Waals surface area contributed by atoms with Crippen molar-refractivity contribution in [3.05, 3.63) is 0 Å². The summed E-state index contributed by atoms with van der Waals surface area (Å²) >= 11 is 0. The highest BCUT2D eigenvalue weighted by molar-refractivity contribution is 5.81. The lowest BCUT2D eigenvalue weighted by molar-refractivity contribution is 0.0866. The van der Waals surface area contributed by atoms with Crippen LogP contribution >= 0.6 is 0 Å². The first-order valence-corrected chi connectivity index (χ1v) is 7.68. The van der Waals surface area contributed by atoms with Gasteiger partial charge in [-0.1, -0.05) is 26.7 Å². The summed E-state index contributed by atoms with van der Waals surface area (Å²) in [7, 11) is 0. The Morgan fingerprint density at radius 3 is 2.83 bits per heavy atom. The van der Waals surface area contributed by atoms with Gasteiger partial charge in [0.2, 0.25) is 0 Å². The summed E-state index contributed by atoms with van der Waals surface area (Å²) in [4.78, 5) is 7.07. The van der Waals surface area contributed by atoms with Gasteiger partial charge in [-0.15, -0.1) is 0 Å². The van der Waals surface area contributed by atoms with E-state index >= 15 is 0 Å². The van der Waals surface area contributed by atoms with Crippen molar-refractivity contribution in [2.45, 2.75) is 57.9 Å². The van der Waals surface area contributed by atoms with Gasteiger partial charge in [-0.05, 0) is 43.4 Å². The lowest BCUT2D eigenvalue weighted by Crippen LogP contribution is -2.55. The summed E-state index contributed by atoms with van der Waals surface area (Å²) in [6.07, 6.45) is 8.15. The van der Waals surface area contributed by atoms with Gasteiger partial charge in [0, 0.05) is 6.54 Å². The van der Waals surface area contributed by atoms with Crippen LogP contribution in [0.3, 0.4) is 0 Å². The molecule has 2 unspecified atom stereocenters. The number of rotatable bonds is 3. The van der Waals surface area contributed by atoms with E-state index in [1.54, 1.807) is 0 Å². The van der Waals surface area contributed by atoms with Gasteiger partial charge < -0.3 is 10.6 Å². The summed E-state index contributed by atoms with van der Waals surface area (Å²) in [6, 6.07) is 0. The SMILES string of the molecule is CC(C)C1CCCC2(CN=C(N)N2CC2CC2)C1. The summed E-state index contributed by atoms with van der Waals surface area (Å²) in [5.41, 5.74) is 6.45. The molecule has 18 heavy (non-hydrogen) atoms. The monoisotopic (exact) mass is 249 g/mol. The predicted molar refractivity (Wildman–Crippen MR) is 75.4 cm³/mol. The van der Waals surface area contributed by atoms with Gasteiger partial charge in [0.15, 0.2) is 5.96 Å². The summed E-state index contributed by atoms with van der Waals surface area (Å²) in [5.74, 6) is 3.38. The van der Waals surface area contributed by atoms with Crippen molar-refractivity contribution in [1.82, 2.24) is 4.90 Å². The molecule has 3 heteroatoms. The molecule has 0 bridgehead atoms. The van der Waals surface area contributed by atoms with Crippen LogP contribution in [0.15, 0.2) is 4.99 Å². The largest absolute Gasteiger partial charge is 0.370 e. The average molecular weight is 249 g/mol. The van der Waals surface area contributed by atoms with E-state index in [9.17, 15) is 0 Å². The Bertz CT molecular complexity index is 346. The van der Waals surface area contributed by atoms with E-state index in [1.165, 1.54) is 45.1 Å². The second-order valence-electron chi connectivity index (χ2n) is 7.05. The molecule has 3 aliphatic rings. The van der Waals surface area contributed by atoms with Crippen LogP contribution in [0.5, 0.6) is 0 Å². The molecular weight excluding hydrogens is 222 g/mol. The zero-order chi connectivity index (χ0) is 12.8. The number of aliphatic imine (C=N–C) groups is 1. The van der Waals surface area contributed by atoms with Crippen LogP contribution in [-0.4, -0.2) is 29.5 Å². The van der Waals surface area contributed by atoms with E-state index in [1.807, 2.05) is 0 Å². The van der Waals surface area contributed by atoms with Crippen LogP contribution in [0.1, 0.15) is 52.4 Å². The van der Waals surface area contributed by atoms with Gasteiger partial charge in [-0.3, -0.25) is 4.99 Å². The van der Waals surface area contributed by atoms with Gasteiger partial charge in [0.1, 0.15) is 0 Å². The fraction of sp³-hybridized carbons (Fsp3) is 0.933. The number of nitrogens with two attached hydrogens (primary N) is 1. The van der Waals surface area contributed by atoms with Crippen molar-refractivity contribution in [1.29, 1.82) is 0 Å². The molecule has 0 aromatic rings. The predicted octanol–water partition coefficient (Wildman–Crippen LogP) is 2.61. The quantitative estimate of drug-likeness (QED) is 0.835. The molecule has 102 valence electrons. The molecule has 2 aliphatic carbocycles. The fourth-order valence-electron chi connectivity index (χ4n) is 3.83. The molecule has 3 rings (SSSR count).